The first-order valence-electron chi connectivity index (χ1n) is 11.8. The maximum Gasteiger partial charge on any atom is 0.236 e. The molecule has 0 spiro atoms. The number of aliphatic hydroxyl groups excluding tert-OH is 1. The molecule has 30 heavy (non-hydrogen) atoms. The van der Waals surface area contributed by atoms with Crippen molar-refractivity contribution in [3.63, 3.8) is 0 Å². The molecule has 3 aliphatic rings. The minimum absolute atomic E-state index is 0.0208. The summed E-state index contributed by atoms with van der Waals surface area (Å²) in [6.07, 6.45) is 8.32. The number of piperidine rings is 1. The van der Waals surface area contributed by atoms with Crippen LogP contribution >= 0.6 is 0 Å². The van der Waals surface area contributed by atoms with Crippen molar-refractivity contribution in [3.05, 3.63) is 11.3 Å². The van der Waals surface area contributed by atoms with Crippen molar-refractivity contribution in [2.24, 2.45) is 0 Å². The van der Waals surface area contributed by atoms with Crippen LogP contribution in [0.3, 0.4) is 0 Å². The number of hydrogen-bond donors (Lipinski definition) is 2. The molecule has 3 fully saturated rings. The number of hydrogen-bond acceptors (Lipinski definition) is 6. The molecular formula is C23H41N3O4. The molecule has 3 rings (SSSR count). The largest absolute Gasteiger partial charge is 0.499 e. The van der Waals surface area contributed by atoms with Crippen molar-refractivity contribution in [3.8, 4) is 0 Å². The van der Waals surface area contributed by atoms with Crippen LogP contribution in [0, 0.1) is 0 Å². The Kier molecular flexibility index (Phi) is 8.98. The zero-order chi connectivity index (χ0) is 21.4. The number of amides is 1. The molecule has 172 valence electrons. The maximum atomic E-state index is 12.3. The van der Waals surface area contributed by atoms with Gasteiger partial charge in [0.15, 0.2) is 0 Å². The van der Waals surface area contributed by atoms with E-state index in [0.29, 0.717) is 13.2 Å². The molecule has 1 unspecified atom stereocenters. The number of likely N-dealkylation sites (tertiary alicyclic amines) is 2. The van der Waals surface area contributed by atoms with Crippen LogP contribution in [0.1, 0.15) is 58.3 Å². The smallest absolute Gasteiger partial charge is 0.236 e. The van der Waals surface area contributed by atoms with E-state index in [0.717, 1.165) is 89.8 Å². The number of aliphatic hydroxyl groups is 1. The van der Waals surface area contributed by atoms with E-state index in [1.165, 1.54) is 5.57 Å². The minimum Gasteiger partial charge on any atom is -0.499 e. The van der Waals surface area contributed by atoms with Gasteiger partial charge in [0.2, 0.25) is 5.91 Å². The van der Waals surface area contributed by atoms with E-state index in [-0.39, 0.29) is 24.2 Å². The molecule has 1 aliphatic carbocycles. The molecule has 0 radical (unpaired) electrons. The fourth-order valence-electron chi connectivity index (χ4n) is 4.45. The highest BCUT2D eigenvalue weighted by molar-refractivity contribution is 5.78. The van der Waals surface area contributed by atoms with Crippen molar-refractivity contribution < 1.29 is 19.4 Å². The molecule has 7 heteroatoms. The summed E-state index contributed by atoms with van der Waals surface area (Å²) in [5, 5.41) is 12.8. The second-order valence-electron chi connectivity index (χ2n) is 9.33. The van der Waals surface area contributed by atoms with E-state index < -0.39 is 0 Å². The molecule has 1 amide bonds. The third-order valence-electron chi connectivity index (χ3n) is 6.82. The lowest BCUT2D eigenvalue weighted by atomic mass is 9.89. The fraction of sp³-hybridized carbons (Fsp3) is 0.870. The van der Waals surface area contributed by atoms with Crippen molar-refractivity contribution >= 4 is 5.91 Å². The number of rotatable bonds is 12. The summed E-state index contributed by atoms with van der Waals surface area (Å²) >= 11 is 0. The number of nitrogens with one attached hydrogen (secondary N) is 1. The summed E-state index contributed by atoms with van der Waals surface area (Å²) < 4.78 is 11.7. The summed E-state index contributed by atoms with van der Waals surface area (Å²) in [6.45, 7) is 8.15. The zero-order valence-electron chi connectivity index (χ0n) is 19.0. The van der Waals surface area contributed by atoms with Gasteiger partial charge in [-0.1, -0.05) is 0 Å². The Hall–Kier alpha value is -1.15. The molecule has 2 saturated heterocycles. The summed E-state index contributed by atoms with van der Waals surface area (Å²) in [4.78, 5) is 16.8. The van der Waals surface area contributed by atoms with Crippen LogP contribution in [0.15, 0.2) is 11.3 Å². The van der Waals surface area contributed by atoms with E-state index in [2.05, 4.69) is 17.1 Å². The molecule has 2 N–H and O–H groups in total. The summed E-state index contributed by atoms with van der Waals surface area (Å²) in [6, 6.07) is 0. The predicted molar refractivity (Wildman–Crippen MR) is 117 cm³/mol. The Morgan fingerprint density at radius 1 is 1.20 bits per heavy atom. The van der Waals surface area contributed by atoms with Crippen molar-refractivity contribution in [1.82, 2.24) is 15.1 Å². The molecule has 2 heterocycles. The number of allylic oxidation sites excluding steroid dienone is 1. The van der Waals surface area contributed by atoms with Gasteiger partial charge in [-0.25, -0.2) is 0 Å². The number of carbonyl (C=O) groups excluding carboxylic acids is 1. The topological polar surface area (TPSA) is 74.3 Å². The minimum atomic E-state index is 0.0208. The average Bonchev–Trinajstić information content (AvgIpc) is 3.44. The Morgan fingerprint density at radius 2 is 1.90 bits per heavy atom. The monoisotopic (exact) mass is 423 g/mol. The second kappa shape index (κ2) is 11.5. The van der Waals surface area contributed by atoms with Crippen LogP contribution in [0.4, 0.5) is 0 Å². The predicted octanol–water partition coefficient (Wildman–Crippen LogP) is 1.90. The lowest BCUT2D eigenvalue weighted by Crippen LogP contribution is -2.54. The highest BCUT2D eigenvalue weighted by Crippen LogP contribution is 2.32. The van der Waals surface area contributed by atoms with Crippen molar-refractivity contribution in [2.75, 3.05) is 59.6 Å². The lowest BCUT2D eigenvalue weighted by Gasteiger charge is -2.41. The van der Waals surface area contributed by atoms with Gasteiger partial charge in [-0.2, -0.15) is 0 Å². The lowest BCUT2D eigenvalue weighted by molar-refractivity contribution is -0.129. The molecule has 0 bridgehead atoms. The van der Waals surface area contributed by atoms with Gasteiger partial charge in [0.1, 0.15) is 12.4 Å². The SMILES string of the molecule is COC(COC(CCCO)CN1CCC(C)(NCC(=O)N2CCCC2)CC1)=C1CC1. The number of carbonyl (C=O) groups is 1. The van der Waals surface area contributed by atoms with E-state index in [1.54, 1.807) is 7.11 Å². The van der Waals surface area contributed by atoms with Crippen LogP contribution in [0.2, 0.25) is 0 Å². The Bertz CT molecular complexity index is 575. The van der Waals surface area contributed by atoms with Crippen molar-refractivity contribution in [2.45, 2.75) is 69.9 Å². The number of ether oxygens (including phenoxy) is 2. The van der Waals surface area contributed by atoms with Gasteiger partial charge in [-0.3, -0.25) is 4.79 Å². The molecule has 1 saturated carbocycles. The van der Waals surface area contributed by atoms with Crippen molar-refractivity contribution in [1.29, 1.82) is 0 Å². The van der Waals surface area contributed by atoms with Gasteiger partial charge in [0.25, 0.3) is 0 Å². The van der Waals surface area contributed by atoms with Gasteiger partial charge in [-0.05, 0) is 77.0 Å². The molecule has 0 aromatic rings. The van der Waals surface area contributed by atoms with Crippen LogP contribution < -0.4 is 5.32 Å². The first-order chi connectivity index (χ1) is 14.5. The van der Waals surface area contributed by atoms with Crippen LogP contribution in [0.5, 0.6) is 0 Å². The Morgan fingerprint density at radius 3 is 2.50 bits per heavy atom. The Labute approximate surface area is 181 Å². The van der Waals surface area contributed by atoms with Gasteiger partial charge in [0.05, 0.1) is 19.8 Å². The van der Waals surface area contributed by atoms with Crippen LogP contribution in [-0.4, -0.2) is 92.0 Å². The third kappa shape index (κ3) is 7.22. The second-order valence-corrected chi connectivity index (χ2v) is 9.33. The molecule has 7 nitrogen and oxygen atoms in total. The molecule has 1 atom stereocenters. The van der Waals surface area contributed by atoms with Gasteiger partial charge >= 0.3 is 0 Å². The highest BCUT2D eigenvalue weighted by atomic mass is 16.5. The van der Waals surface area contributed by atoms with Gasteiger partial charge < -0.3 is 29.7 Å². The average molecular weight is 424 g/mol. The van der Waals surface area contributed by atoms with E-state index in [1.807, 2.05) is 4.90 Å². The summed E-state index contributed by atoms with van der Waals surface area (Å²) in [7, 11) is 1.72. The van der Waals surface area contributed by atoms with E-state index in [9.17, 15) is 9.90 Å². The zero-order valence-corrected chi connectivity index (χ0v) is 19.0. The first-order valence-corrected chi connectivity index (χ1v) is 11.8. The maximum absolute atomic E-state index is 12.3. The summed E-state index contributed by atoms with van der Waals surface area (Å²) in [5.74, 6) is 1.23. The molecule has 0 aromatic carbocycles. The van der Waals surface area contributed by atoms with Crippen LogP contribution in [0.25, 0.3) is 0 Å². The molecule has 2 aliphatic heterocycles. The standard InChI is InChI=1S/C23H41N3O4/c1-23(24-16-22(28)26-11-3-4-12-26)9-13-25(14-10-23)17-20(6-5-15-27)30-18-21(29-2)19-7-8-19/h20,24,27H,3-18H2,1-2H3. The van der Waals surface area contributed by atoms with E-state index in [4.69, 9.17) is 9.47 Å². The number of methoxy groups -OCH3 is 1. The highest BCUT2D eigenvalue weighted by Gasteiger charge is 2.32. The van der Waals surface area contributed by atoms with Gasteiger partial charge in [-0.15, -0.1) is 0 Å². The quantitative estimate of drug-likeness (QED) is 0.467. The third-order valence-corrected chi connectivity index (χ3v) is 6.82. The van der Waals surface area contributed by atoms with Gasteiger partial charge in [0, 0.05) is 31.8 Å². The number of nitrogens with zero attached hydrogens (tertiary/aromatic N) is 2. The Balaban J connectivity index is 1.41. The van der Waals surface area contributed by atoms with Crippen LogP contribution in [-0.2, 0) is 14.3 Å². The fourth-order valence-corrected chi connectivity index (χ4v) is 4.45. The molecular weight excluding hydrogens is 382 g/mol. The first kappa shape index (κ1) is 23.5. The molecule has 0 aromatic heterocycles. The van der Waals surface area contributed by atoms with E-state index >= 15 is 0 Å². The normalized spacial score (nSPS) is 22.2. The summed E-state index contributed by atoms with van der Waals surface area (Å²) in [5.41, 5.74) is 1.40.